The second-order valence-corrected chi connectivity index (χ2v) is 8.37. The minimum Gasteiger partial charge on any atom is -0.296 e. The monoisotopic (exact) mass is 344 g/mol. The number of hydrogen-bond acceptors (Lipinski definition) is 3. The Bertz CT molecular complexity index is 750. The summed E-state index contributed by atoms with van der Waals surface area (Å²) in [5, 5.41) is 0. The Hall–Kier alpha value is -1.69. The van der Waals surface area contributed by atoms with Crippen molar-refractivity contribution < 1.29 is 8.42 Å². The van der Waals surface area contributed by atoms with Crippen LogP contribution in [0.2, 0.25) is 0 Å². The van der Waals surface area contributed by atoms with Crippen LogP contribution in [0.25, 0.3) is 0 Å². The van der Waals surface area contributed by atoms with E-state index in [1.807, 2.05) is 30.3 Å². The summed E-state index contributed by atoms with van der Waals surface area (Å²) in [6.45, 7) is 5.67. The first-order valence-corrected chi connectivity index (χ1v) is 9.93. The second-order valence-electron chi connectivity index (χ2n) is 6.40. The van der Waals surface area contributed by atoms with E-state index in [9.17, 15) is 8.42 Å². The third kappa shape index (κ3) is 4.44. The maximum atomic E-state index is 12.6. The molecule has 4 nitrogen and oxygen atoms in total. The lowest BCUT2D eigenvalue weighted by atomic mass is 10.1. The lowest BCUT2D eigenvalue weighted by molar-refractivity contribution is 0.181. The summed E-state index contributed by atoms with van der Waals surface area (Å²) in [4.78, 5) is 2.32. The van der Waals surface area contributed by atoms with Gasteiger partial charge in [0, 0.05) is 32.7 Å². The molecule has 0 N–H and O–H groups in total. The van der Waals surface area contributed by atoms with Crippen LogP contribution in [0.3, 0.4) is 0 Å². The van der Waals surface area contributed by atoms with Gasteiger partial charge >= 0.3 is 0 Å². The normalized spacial score (nSPS) is 17.0. The molecule has 1 aliphatic rings. The molecule has 2 aromatic carbocycles. The van der Waals surface area contributed by atoms with Crippen molar-refractivity contribution in [3.63, 3.8) is 0 Å². The van der Waals surface area contributed by atoms with Gasteiger partial charge in [-0.1, -0.05) is 60.2 Å². The largest absolute Gasteiger partial charge is 0.296 e. The van der Waals surface area contributed by atoms with Gasteiger partial charge in [0.1, 0.15) is 0 Å². The highest BCUT2D eigenvalue weighted by molar-refractivity contribution is 7.88. The molecule has 0 unspecified atom stereocenters. The Morgan fingerprint density at radius 1 is 0.833 bits per heavy atom. The van der Waals surface area contributed by atoms with Crippen molar-refractivity contribution in [1.29, 1.82) is 0 Å². The van der Waals surface area contributed by atoms with Gasteiger partial charge in [0.15, 0.2) is 0 Å². The summed E-state index contributed by atoms with van der Waals surface area (Å²) >= 11 is 0. The Morgan fingerprint density at radius 2 is 1.46 bits per heavy atom. The lowest BCUT2D eigenvalue weighted by Crippen LogP contribution is -2.48. The lowest BCUT2D eigenvalue weighted by Gasteiger charge is -2.34. The van der Waals surface area contributed by atoms with Crippen LogP contribution >= 0.6 is 0 Å². The van der Waals surface area contributed by atoms with E-state index in [0.29, 0.717) is 13.1 Å². The molecule has 0 atom stereocenters. The van der Waals surface area contributed by atoms with E-state index >= 15 is 0 Å². The fraction of sp³-hybridized carbons (Fsp3) is 0.368. The topological polar surface area (TPSA) is 40.6 Å². The van der Waals surface area contributed by atoms with E-state index < -0.39 is 10.0 Å². The predicted octanol–water partition coefficient (Wildman–Crippen LogP) is 2.64. The van der Waals surface area contributed by atoms with Crippen LogP contribution in [-0.2, 0) is 22.3 Å². The molecule has 0 aliphatic carbocycles. The number of sulfonamides is 1. The first-order valence-electron chi connectivity index (χ1n) is 8.32. The minimum absolute atomic E-state index is 0.0891. The van der Waals surface area contributed by atoms with Crippen molar-refractivity contribution in [2.75, 3.05) is 26.2 Å². The molecule has 128 valence electrons. The number of aryl methyl sites for hydroxylation is 1. The molecule has 0 spiro atoms. The Balaban J connectivity index is 1.55. The molecule has 0 saturated carbocycles. The van der Waals surface area contributed by atoms with Crippen LogP contribution < -0.4 is 0 Å². The molecule has 0 radical (unpaired) electrons. The van der Waals surface area contributed by atoms with Crippen LogP contribution in [-0.4, -0.2) is 43.8 Å². The number of benzene rings is 2. The van der Waals surface area contributed by atoms with Gasteiger partial charge in [-0.15, -0.1) is 0 Å². The standard InChI is InChI=1S/C19H24N2O2S/c1-17-7-9-18(10-8-17)15-20-11-13-21(14-12-20)24(22,23)16-19-5-3-2-4-6-19/h2-10H,11-16H2,1H3. The molecular weight excluding hydrogens is 320 g/mol. The summed E-state index contributed by atoms with van der Waals surface area (Å²) in [5.74, 6) is 0.0891. The molecule has 0 amide bonds. The molecular formula is C19H24N2O2S. The van der Waals surface area contributed by atoms with Gasteiger partial charge in [0.25, 0.3) is 0 Å². The SMILES string of the molecule is Cc1ccc(CN2CCN(S(=O)(=O)Cc3ccccc3)CC2)cc1. The molecule has 1 heterocycles. The molecule has 0 bridgehead atoms. The van der Waals surface area contributed by atoms with E-state index in [-0.39, 0.29) is 5.75 Å². The van der Waals surface area contributed by atoms with Crippen LogP contribution in [0.5, 0.6) is 0 Å². The summed E-state index contributed by atoms with van der Waals surface area (Å²) in [6.07, 6.45) is 0. The van der Waals surface area contributed by atoms with E-state index in [1.165, 1.54) is 11.1 Å². The molecule has 24 heavy (non-hydrogen) atoms. The molecule has 1 fully saturated rings. The average molecular weight is 344 g/mol. The zero-order valence-electron chi connectivity index (χ0n) is 14.1. The number of piperazine rings is 1. The zero-order valence-corrected chi connectivity index (χ0v) is 14.9. The van der Waals surface area contributed by atoms with Gasteiger partial charge in [0.2, 0.25) is 10.0 Å². The smallest absolute Gasteiger partial charge is 0.218 e. The highest BCUT2D eigenvalue weighted by Gasteiger charge is 2.26. The minimum atomic E-state index is -3.23. The summed E-state index contributed by atoms with van der Waals surface area (Å²) in [5.41, 5.74) is 3.39. The first kappa shape index (κ1) is 17.1. The Labute approximate surface area is 144 Å². The molecule has 1 aliphatic heterocycles. The summed E-state index contributed by atoms with van der Waals surface area (Å²) in [6, 6.07) is 17.9. The quantitative estimate of drug-likeness (QED) is 0.837. The second kappa shape index (κ2) is 7.47. The van der Waals surface area contributed by atoms with Crippen molar-refractivity contribution in [3.8, 4) is 0 Å². The van der Waals surface area contributed by atoms with Gasteiger partial charge in [0.05, 0.1) is 5.75 Å². The van der Waals surface area contributed by atoms with Gasteiger partial charge in [-0.3, -0.25) is 4.90 Å². The van der Waals surface area contributed by atoms with E-state index in [2.05, 4.69) is 36.1 Å². The number of hydrogen-bond donors (Lipinski definition) is 0. The van der Waals surface area contributed by atoms with Gasteiger partial charge in [-0.25, -0.2) is 8.42 Å². The highest BCUT2D eigenvalue weighted by Crippen LogP contribution is 2.15. The van der Waals surface area contributed by atoms with Crippen LogP contribution in [0.1, 0.15) is 16.7 Å². The number of rotatable bonds is 5. The van der Waals surface area contributed by atoms with Crippen LogP contribution in [0, 0.1) is 6.92 Å². The maximum Gasteiger partial charge on any atom is 0.218 e. The van der Waals surface area contributed by atoms with Crippen LogP contribution in [0.4, 0.5) is 0 Å². The third-order valence-electron chi connectivity index (χ3n) is 4.44. The van der Waals surface area contributed by atoms with Gasteiger partial charge < -0.3 is 0 Å². The van der Waals surface area contributed by atoms with E-state index in [1.54, 1.807) is 4.31 Å². The fourth-order valence-electron chi connectivity index (χ4n) is 2.99. The first-order chi connectivity index (χ1) is 11.5. The van der Waals surface area contributed by atoms with Crippen LogP contribution in [0.15, 0.2) is 54.6 Å². The summed E-state index contributed by atoms with van der Waals surface area (Å²) < 4.78 is 26.8. The Morgan fingerprint density at radius 3 is 2.08 bits per heavy atom. The molecule has 3 rings (SSSR count). The molecule has 0 aromatic heterocycles. The van der Waals surface area contributed by atoms with Crippen molar-refractivity contribution >= 4 is 10.0 Å². The van der Waals surface area contributed by atoms with Crippen molar-refractivity contribution in [3.05, 3.63) is 71.3 Å². The maximum absolute atomic E-state index is 12.6. The third-order valence-corrected chi connectivity index (χ3v) is 6.29. The summed E-state index contributed by atoms with van der Waals surface area (Å²) in [7, 11) is -3.23. The molecule has 5 heteroatoms. The highest BCUT2D eigenvalue weighted by atomic mass is 32.2. The molecule has 1 saturated heterocycles. The number of nitrogens with zero attached hydrogens (tertiary/aromatic N) is 2. The van der Waals surface area contributed by atoms with Crippen molar-refractivity contribution in [2.45, 2.75) is 19.2 Å². The van der Waals surface area contributed by atoms with Crippen molar-refractivity contribution in [2.24, 2.45) is 0 Å². The van der Waals surface area contributed by atoms with Gasteiger partial charge in [-0.2, -0.15) is 4.31 Å². The predicted molar refractivity (Wildman–Crippen MR) is 97.1 cm³/mol. The molecule has 2 aromatic rings. The van der Waals surface area contributed by atoms with E-state index in [0.717, 1.165) is 25.2 Å². The zero-order chi connectivity index (χ0) is 17.0. The van der Waals surface area contributed by atoms with Gasteiger partial charge in [-0.05, 0) is 18.1 Å². The fourth-order valence-corrected chi connectivity index (χ4v) is 4.51. The average Bonchev–Trinajstić information content (AvgIpc) is 2.58. The van der Waals surface area contributed by atoms with E-state index in [4.69, 9.17) is 0 Å². The Kier molecular flexibility index (Phi) is 5.33. The van der Waals surface area contributed by atoms with Crippen molar-refractivity contribution in [1.82, 2.24) is 9.21 Å².